The molecule has 1 unspecified atom stereocenters. The molecular weight excluding hydrogens is 230 g/mol. The largest absolute Gasteiger partial charge is 0.481 e. The van der Waals surface area contributed by atoms with Crippen LogP contribution >= 0.6 is 0 Å². The van der Waals surface area contributed by atoms with Crippen LogP contribution in [0.15, 0.2) is 24.0 Å². The van der Waals surface area contributed by atoms with E-state index in [9.17, 15) is 13.6 Å². The Labute approximate surface area is 97.8 Å². The number of aliphatic carboxylic acids is 1. The molecule has 1 fully saturated rings. The smallest absolute Gasteiger partial charge is 0.394 e. The molecule has 94 valence electrons. The Morgan fingerprint density at radius 2 is 2.24 bits per heavy atom. The van der Waals surface area contributed by atoms with Crippen LogP contribution in [-0.2, 0) is 9.53 Å². The van der Waals surface area contributed by atoms with E-state index in [1.54, 1.807) is 6.08 Å². The Kier molecular flexibility index (Phi) is 2.72. The Bertz CT molecular complexity index is 389. The SMILES string of the molecule is CC(F)(F)OC1=CCC(C2(C(=O)O)CC2)C=C1. The highest BCUT2D eigenvalue weighted by atomic mass is 19.3. The second-order valence-corrected chi connectivity index (χ2v) is 4.68. The minimum absolute atomic E-state index is 0.106. The van der Waals surface area contributed by atoms with E-state index in [0.29, 0.717) is 26.2 Å². The average Bonchev–Trinajstić information content (AvgIpc) is 2.97. The molecule has 0 aromatic rings. The van der Waals surface area contributed by atoms with Gasteiger partial charge in [-0.1, -0.05) is 6.08 Å². The average molecular weight is 244 g/mol. The van der Waals surface area contributed by atoms with E-state index in [1.807, 2.05) is 0 Å². The summed E-state index contributed by atoms with van der Waals surface area (Å²) in [5.41, 5.74) is -0.673. The van der Waals surface area contributed by atoms with Gasteiger partial charge in [0.25, 0.3) is 0 Å². The van der Waals surface area contributed by atoms with E-state index in [4.69, 9.17) is 5.11 Å². The quantitative estimate of drug-likeness (QED) is 0.827. The van der Waals surface area contributed by atoms with Crippen molar-refractivity contribution < 1.29 is 23.4 Å². The van der Waals surface area contributed by atoms with Gasteiger partial charge < -0.3 is 9.84 Å². The Morgan fingerprint density at radius 3 is 2.59 bits per heavy atom. The number of alkyl halides is 2. The van der Waals surface area contributed by atoms with Gasteiger partial charge in [-0.25, -0.2) is 0 Å². The highest BCUT2D eigenvalue weighted by Gasteiger charge is 2.55. The molecular formula is C12H14F2O3. The molecule has 1 atom stereocenters. The van der Waals surface area contributed by atoms with Crippen LogP contribution in [0.4, 0.5) is 8.78 Å². The van der Waals surface area contributed by atoms with Gasteiger partial charge in [0, 0.05) is 6.92 Å². The van der Waals surface area contributed by atoms with Gasteiger partial charge >= 0.3 is 12.1 Å². The lowest BCUT2D eigenvalue weighted by Gasteiger charge is -2.23. The van der Waals surface area contributed by atoms with Crippen molar-refractivity contribution in [3.63, 3.8) is 0 Å². The van der Waals surface area contributed by atoms with E-state index < -0.39 is 17.5 Å². The first-order chi connectivity index (χ1) is 7.83. The summed E-state index contributed by atoms with van der Waals surface area (Å²) in [4.78, 5) is 11.1. The molecule has 2 aliphatic rings. The van der Waals surface area contributed by atoms with E-state index in [2.05, 4.69) is 4.74 Å². The summed E-state index contributed by atoms with van der Waals surface area (Å²) < 4.78 is 29.6. The van der Waals surface area contributed by atoms with Gasteiger partial charge in [0.1, 0.15) is 5.76 Å². The standard InChI is InChI=1S/C12H14F2O3/c1-11(13,14)17-9-4-2-8(3-5-9)12(6-7-12)10(15)16/h2,4-5,8H,3,6-7H2,1H3,(H,15,16). The molecule has 17 heavy (non-hydrogen) atoms. The van der Waals surface area contributed by atoms with Gasteiger partial charge in [-0.3, -0.25) is 4.79 Å². The lowest BCUT2D eigenvalue weighted by Crippen LogP contribution is -2.25. The van der Waals surface area contributed by atoms with Gasteiger partial charge in [-0.05, 0) is 37.3 Å². The zero-order chi connectivity index (χ0) is 12.7. The van der Waals surface area contributed by atoms with Crippen LogP contribution in [0.25, 0.3) is 0 Å². The van der Waals surface area contributed by atoms with Crippen LogP contribution in [-0.4, -0.2) is 17.2 Å². The molecule has 2 rings (SSSR count). The zero-order valence-corrected chi connectivity index (χ0v) is 9.45. The van der Waals surface area contributed by atoms with Crippen molar-refractivity contribution in [2.45, 2.75) is 32.3 Å². The molecule has 0 saturated heterocycles. The molecule has 0 amide bonds. The third kappa shape index (κ3) is 2.48. The molecule has 1 saturated carbocycles. The van der Waals surface area contributed by atoms with Gasteiger partial charge in [-0.15, -0.1) is 0 Å². The Hall–Kier alpha value is -1.39. The molecule has 0 aromatic carbocycles. The second kappa shape index (κ2) is 3.82. The summed E-state index contributed by atoms with van der Waals surface area (Å²) in [5.74, 6) is -0.807. The number of ether oxygens (including phenoxy) is 1. The van der Waals surface area contributed by atoms with Gasteiger partial charge in [0.2, 0.25) is 0 Å². The number of allylic oxidation sites excluding steroid dienone is 3. The number of carboxylic acids is 1. The number of hydrogen-bond acceptors (Lipinski definition) is 2. The Balaban J connectivity index is 1.99. The monoisotopic (exact) mass is 244 g/mol. The molecule has 2 aliphatic carbocycles. The molecule has 1 N–H and O–H groups in total. The molecule has 5 heteroatoms. The van der Waals surface area contributed by atoms with E-state index >= 15 is 0 Å². The van der Waals surface area contributed by atoms with Crippen molar-refractivity contribution in [1.82, 2.24) is 0 Å². The van der Waals surface area contributed by atoms with Crippen molar-refractivity contribution in [1.29, 1.82) is 0 Å². The summed E-state index contributed by atoms with van der Waals surface area (Å²) >= 11 is 0. The first-order valence-electron chi connectivity index (χ1n) is 5.52. The minimum atomic E-state index is -3.20. The molecule has 0 heterocycles. The normalized spacial score (nSPS) is 26.3. The molecule has 3 nitrogen and oxygen atoms in total. The minimum Gasteiger partial charge on any atom is -0.481 e. The van der Waals surface area contributed by atoms with Crippen LogP contribution in [0.2, 0.25) is 0 Å². The van der Waals surface area contributed by atoms with E-state index in [-0.39, 0.29) is 11.7 Å². The maximum Gasteiger partial charge on any atom is 0.394 e. The van der Waals surface area contributed by atoms with Crippen molar-refractivity contribution in [2.75, 3.05) is 0 Å². The molecule has 0 radical (unpaired) electrons. The molecule has 0 aromatic heterocycles. The topological polar surface area (TPSA) is 46.5 Å². The lowest BCUT2D eigenvalue weighted by molar-refractivity contribution is -0.195. The van der Waals surface area contributed by atoms with Gasteiger partial charge in [0.05, 0.1) is 5.41 Å². The van der Waals surface area contributed by atoms with E-state index in [1.165, 1.54) is 12.2 Å². The Morgan fingerprint density at radius 1 is 1.59 bits per heavy atom. The number of rotatable bonds is 4. The molecule has 0 spiro atoms. The van der Waals surface area contributed by atoms with Gasteiger partial charge in [-0.2, -0.15) is 8.78 Å². The van der Waals surface area contributed by atoms with Gasteiger partial charge in [0.15, 0.2) is 0 Å². The summed E-state index contributed by atoms with van der Waals surface area (Å²) in [6.45, 7) is 0.674. The predicted octanol–water partition coefficient (Wildman–Crippen LogP) is 2.94. The maximum absolute atomic E-state index is 12.6. The predicted molar refractivity (Wildman–Crippen MR) is 56.3 cm³/mol. The first kappa shape index (κ1) is 12.1. The van der Waals surface area contributed by atoms with Crippen LogP contribution in [0, 0.1) is 11.3 Å². The second-order valence-electron chi connectivity index (χ2n) is 4.68. The fourth-order valence-corrected chi connectivity index (χ4v) is 2.17. The summed E-state index contributed by atoms with van der Waals surface area (Å²) in [7, 11) is 0. The van der Waals surface area contributed by atoms with Crippen LogP contribution < -0.4 is 0 Å². The summed E-state index contributed by atoms with van der Waals surface area (Å²) in [6.07, 6.45) is 3.19. The molecule has 0 bridgehead atoms. The fourth-order valence-electron chi connectivity index (χ4n) is 2.17. The van der Waals surface area contributed by atoms with Crippen molar-refractivity contribution in [2.24, 2.45) is 11.3 Å². The maximum atomic E-state index is 12.6. The van der Waals surface area contributed by atoms with Crippen LogP contribution in [0.5, 0.6) is 0 Å². The highest BCUT2D eigenvalue weighted by Crippen LogP contribution is 2.54. The number of hydrogen-bond donors (Lipinski definition) is 1. The number of carbonyl (C=O) groups is 1. The molecule has 0 aliphatic heterocycles. The van der Waals surface area contributed by atoms with Crippen molar-refractivity contribution in [3.05, 3.63) is 24.0 Å². The zero-order valence-electron chi connectivity index (χ0n) is 9.45. The van der Waals surface area contributed by atoms with Crippen LogP contribution in [0.3, 0.4) is 0 Å². The van der Waals surface area contributed by atoms with E-state index in [0.717, 1.165) is 0 Å². The first-order valence-corrected chi connectivity index (χ1v) is 5.52. The summed E-state index contributed by atoms with van der Waals surface area (Å²) in [6, 6.07) is 0. The third-order valence-corrected chi connectivity index (χ3v) is 3.29. The summed E-state index contributed by atoms with van der Waals surface area (Å²) in [5, 5.41) is 9.10. The fraction of sp³-hybridized carbons (Fsp3) is 0.583. The van der Waals surface area contributed by atoms with Crippen molar-refractivity contribution >= 4 is 5.97 Å². The third-order valence-electron chi connectivity index (χ3n) is 3.29. The number of carboxylic acid groups (broad SMARTS) is 1. The van der Waals surface area contributed by atoms with Crippen molar-refractivity contribution in [3.8, 4) is 0 Å². The lowest BCUT2D eigenvalue weighted by atomic mass is 9.84. The van der Waals surface area contributed by atoms with Crippen LogP contribution in [0.1, 0.15) is 26.2 Å². The highest BCUT2D eigenvalue weighted by molar-refractivity contribution is 5.78. The number of halogens is 2.